The van der Waals surface area contributed by atoms with E-state index < -0.39 is 0 Å². The summed E-state index contributed by atoms with van der Waals surface area (Å²) < 4.78 is 132. The van der Waals surface area contributed by atoms with Gasteiger partial charge in [-0.25, -0.2) is 4.79 Å². The summed E-state index contributed by atoms with van der Waals surface area (Å²) in [5.41, 5.74) is 0.810. The molecule has 0 aliphatic carbocycles. The fourth-order valence-corrected chi connectivity index (χ4v) is 14.6. The van der Waals surface area contributed by atoms with Gasteiger partial charge in [0.25, 0.3) is 0 Å². The summed E-state index contributed by atoms with van der Waals surface area (Å²) in [5, 5.41) is 0. The first-order valence-electron chi connectivity index (χ1n) is 55.6. The van der Waals surface area contributed by atoms with E-state index in [1.807, 2.05) is 13.8 Å². The van der Waals surface area contributed by atoms with Crippen LogP contribution in [0.3, 0.4) is 0 Å². The number of unbranched alkanes of at least 4 members (excludes halogenated alkanes) is 16. The lowest BCUT2D eigenvalue weighted by Crippen LogP contribution is -2.46. The number of rotatable bonds is 69. The lowest BCUT2D eigenvalue weighted by atomic mass is 9.84. The molecule has 0 aromatic heterocycles. The molecule has 0 N–H and O–H groups in total. The molecule has 10 aliphatic rings. The van der Waals surface area contributed by atoms with Crippen LogP contribution in [-0.4, -0.2) is 340 Å². The van der Waals surface area contributed by atoms with Crippen molar-refractivity contribution < 1.29 is 171 Å². The van der Waals surface area contributed by atoms with Gasteiger partial charge in [0.2, 0.25) is 0 Å². The molecule has 0 bridgehead atoms. The van der Waals surface area contributed by atoms with Gasteiger partial charge < -0.3 is 123 Å². The summed E-state index contributed by atoms with van der Waals surface area (Å²) in [6, 6.07) is 0. The highest BCUT2D eigenvalue weighted by molar-refractivity contribution is 5.73. The molecule has 10 aliphatic heterocycles. The van der Waals surface area contributed by atoms with Crippen LogP contribution in [0.25, 0.3) is 0 Å². The van der Waals surface area contributed by atoms with E-state index >= 15 is 0 Å². The van der Waals surface area contributed by atoms with Crippen molar-refractivity contribution in [3.8, 4) is 0 Å². The average Bonchev–Trinajstić information content (AvgIpc) is 0.823. The normalized spacial score (nSPS) is 18.3. The molecular weight excluding hydrogens is 1930 g/mol. The van der Waals surface area contributed by atoms with Gasteiger partial charge in [-0.15, -0.1) is 0 Å². The van der Waals surface area contributed by atoms with Crippen LogP contribution in [-0.2, 0) is 171 Å². The predicted molar refractivity (Wildman–Crippen MR) is 564 cm³/mol. The minimum absolute atomic E-state index is 0.0247. The second-order valence-corrected chi connectivity index (χ2v) is 44.0. The smallest absolute Gasteiger partial charge is 0.332 e. The predicted octanol–water partition coefficient (Wildman–Crippen LogP) is 18.1. The minimum atomic E-state index is -0.314. The summed E-state index contributed by atoms with van der Waals surface area (Å²) in [5.74, 6) is -1.14. The molecule has 10 fully saturated rings. The number of carbonyl (C=O) groups is 10. The first-order valence-corrected chi connectivity index (χ1v) is 55.6. The van der Waals surface area contributed by atoms with Crippen LogP contribution >= 0.6 is 0 Å². The summed E-state index contributed by atoms with van der Waals surface area (Å²) in [6.07, 6.45) is 33.7. The van der Waals surface area contributed by atoms with Crippen molar-refractivity contribution in [2.24, 2.45) is 54.1 Å². The zero-order chi connectivity index (χ0) is 111. The Morgan fingerprint density at radius 2 is 0.342 bits per heavy atom. The fraction of sp³-hybridized carbons (Fsp3) is 0.912. The van der Waals surface area contributed by atoms with Gasteiger partial charge in [0.1, 0.15) is 72.7 Å². The van der Waals surface area contributed by atoms with E-state index in [-0.39, 0.29) is 120 Å². The number of esters is 10. The molecule has 0 amide bonds. The number of hydrogen-bond donors (Lipinski definition) is 0. The Balaban J connectivity index is 0.000000829. The molecule has 10 saturated heterocycles. The molecule has 10 rings (SSSR count). The van der Waals surface area contributed by atoms with E-state index in [9.17, 15) is 47.9 Å². The van der Waals surface area contributed by atoms with Crippen molar-refractivity contribution in [3.63, 3.8) is 0 Å². The Bertz CT molecular complexity index is 3400. The third-order valence-electron chi connectivity index (χ3n) is 26.9. The van der Waals surface area contributed by atoms with Crippen LogP contribution in [0.2, 0.25) is 0 Å². The molecule has 874 valence electrons. The zero-order valence-electron chi connectivity index (χ0n) is 96.3. The molecule has 0 aromatic carbocycles. The highest BCUT2D eigenvalue weighted by atomic mass is 16.6. The van der Waals surface area contributed by atoms with Gasteiger partial charge in [0.15, 0.2) is 0 Å². The quantitative estimate of drug-likeness (QED) is 0.0310. The van der Waals surface area contributed by atoms with Gasteiger partial charge in [0.05, 0.1) is 167 Å². The van der Waals surface area contributed by atoms with E-state index in [1.165, 1.54) is 39.2 Å². The van der Waals surface area contributed by atoms with Crippen LogP contribution in [0.15, 0.2) is 0 Å². The van der Waals surface area contributed by atoms with E-state index in [4.69, 9.17) is 118 Å². The fourth-order valence-electron chi connectivity index (χ4n) is 14.6. The third kappa shape index (κ3) is 68.9. The summed E-state index contributed by atoms with van der Waals surface area (Å²) in [4.78, 5) is 113. The molecule has 0 spiro atoms. The standard InChI is InChI=1S/C14H26O3.C13H24O4.C13H24O3.C12H22O4.C12H22O3.C11H20O4.C11H20O3.C10H18O4.C9H16O4.C8H14O4/c1-3-5-6-7-8-9-13(15)17-12-14(4-2)10-16-11-14;1-13(9-16-10-13)11-17-12(14)7-5-3-4-6-8-15-2;1-3-5-6-7-8-12(14)16-11-13(4-2)9-15-10-13;1-12(8-15-9-12)10-16-11(13)6-4-3-5-7-14-2;1-3-5-6-7-11(13)15-10-12(4-2)8-14-9-12;1-11(7-14-8-11)9-15-10(12)5-3-4-6-13-2;1-3-5-6-10(12)14-9-11(4-2)7-13-8-11;1-10(6-13-7-10)8-14-9(11)4-3-5-12-2;1-9(5-12-6-9)7-13-8(10)3-4-11-2;1-8(4-11-5-8)6-12-7(9)3-10-2/h3-12H2,1-2H3;3-11H2,1-2H3;3-11H2,1-2H3;3-10H2,1-2H3;3-10H2,1-2H3;3-9H2,1-2H3;3-9H2,1-2H3;3-8H2,1-2H3;3-7H2,1-2H3;3-6H2,1-2H3. The monoisotopic (exact) mass is 2140 g/mol. The van der Waals surface area contributed by atoms with Gasteiger partial charge in [-0.1, -0.05) is 180 Å². The lowest BCUT2D eigenvalue weighted by molar-refractivity contribution is -0.171. The minimum Gasteiger partial charge on any atom is -0.465 e. The first kappa shape index (κ1) is 141. The number of hydrogen-bond acceptors (Lipinski definition) is 36. The molecule has 149 heavy (non-hydrogen) atoms. The molecule has 0 aromatic rings. The number of ether oxygens (including phenoxy) is 26. The second kappa shape index (κ2) is 84.4. The Labute approximate surface area is 895 Å². The van der Waals surface area contributed by atoms with E-state index in [0.717, 1.165) is 214 Å². The maximum absolute atomic E-state index is 11.5. The van der Waals surface area contributed by atoms with Crippen molar-refractivity contribution in [3.05, 3.63) is 0 Å². The largest absolute Gasteiger partial charge is 0.465 e. The molecule has 10 heterocycles. The SMILES string of the molecule is CCCCC(=O)OCC1(CC)COC1.CCCCCC(=O)OCC1(CC)COC1.CCCCCCC(=O)OCC1(CC)COC1.CCCCCCCC(=O)OCC1(CC)COC1.COCC(=O)OCC1(C)COC1.COCCC(=O)OCC1(C)COC1.COCCCC(=O)OCC1(C)COC1.COCCCCC(=O)OCC1(C)COC1.COCCCCCC(=O)OCC1(C)COC1.COCCCCCCC(=O)OCC1(C)COC1. The van der Waals surface area contributed by atoms with Gasteiger partial charge >= 0.3 is 59.7 Å². The van der Waals surface area contributed by atoms with Crippen molar-refractivity contribution in [2.45, 2.75) is 335 Å². The van der Waals surface area contributed by atoms with Gasteiger partial charge in [0, 0.05) is 153 Å². The molecule has 0 unspecified atom stereocenters. The van der Waals surface area contributed by atoms with Crippen molar-refractivity contribution in [1.29, 1.82) is 0 Å². The maximum atomic E-state index is 11.5. The lowest BCUT2D eigenvalue weighted by Gasteiger charge is -2.39. The Kier molecular flexibility index (Phi) is 79.9. The molecule has 36 heteroatoms. The molecule has 0 atom stereocenters. The van der Waals surface area contributed by atoms with Crippen molar-refractivity contribution in [2.75, 3.05) is 281 Å². The summed E-state index contributed by atoms with van der Waals surface area (Å²) in [7, 11) is 9.72. The van der Waals surface area contributed by atoms with E-state index in [1.54, 1.807) is 35.5 Å². The summed E-state index contributed by atoms with van der Waals surface area (Å²) in [6.45, 7) is 51.9. The second-order valence-electron chi connectivity index (χ2n) is 44.0. The maximum Gasteiger partial charge on any atom is 0.332 e. The first-order chi connectivity index (χ1) is 71.4. The van der Waals surface area contributed by atoms with Crippen molar-refractivity contribution >= 4 is 59.7 Å². The van der Waals surface area contributed by atoms with E-state index in [0.29, 0.717) is 223 Å². The Hall–Kier alpha value is -5.94. The highest BCUT2D eigenvalue weighted by Crippen LogP contribution is 2.37. The topological polar surface area (TPSA) is 411 Å². The van der Waals surface area contributed by atoms with Crippen LogP contribution in [0.5, 0.6) is 0 Å². The Morgan fingerprint density at radius 1 is 0.174 bits per heavy atom. The zero-order valence-corrected chi connectivity index (χ0v) is 96.3. The average molecular weight is 2140 g/mol. The van der Waals surface area contributed by atoms with Crippen molar-refractivity contribution in [1.82, 2.24) is 0 Å². The number of carbonyl (C=O) groups excluding carboxylic acids is 10. The highest BCUT2D eigenvalue weighted by Gasteiger charge is 2.44. The van der Waals surface area contributed by atoms with Gasteiger partial charge in [-0.3, -0.25) is 43.2 Å². The molecular formula is C113H206O36. The van der Waals surface area contributed by atoms with Crippen LogP contribution in [0.1, 0.15) is 335 Å². The molecule has 36 nitrogen and oxygen atoms in total. The Morgan fingerprint density at radius 3 is 0.557 bits per heavy atom. The van der Waals surface area contributed by atoms with E-state index in [2.05, 4.69) is 87.8 Å². The van der Waals surface area contributed by atoms with Gasteiger partial charge in [-0.05, 0) is 96.3 Å². The van der Waals surface area contributed by atoms with Gasteiger partial charge in [-0.2, -0.15) is 0 Å². The number of methoxy groups -OCH3 is 6. The molecule has 0 radical (unpaired) electrons. The van der Waals surface area contributed by atoms with Crippen LogP contribution in [0.4, 0.5) is 0 Å². The van der Waals surface area contributed by atoms with Crippen LogP contribution < -0.4 is 0 Å². The third-order valence-corrected chi connectivity index (χ3v) is 26.9. The van der Waals surface area contributed by atoms with Crippen LogP contribution in [0, 0.1) is 54.1 Å². The summed E-state index contributed by atoms with van der Waals surface area (Å²) >= 11 is 0. The molecule has 0 saturated carbocycles.